The smallest absolute Gasteiger partial charge is 0.0252 e. The first-order valence-electron chi connectivity index (χ1n) is 8.81. The molecule has 0 aromatic rings. The zero-order valence-corrected chi connectivity index (χ0v) is 14.8. The van der Waals surface area contributed by atoms with E-state index in [-0.39, 0.29) is 5.54 Å². The Hall–Kier alpha value is -0.0800. The first-order valence-corrected chi connectivity index (χ1v) is 8.81. The fourth-order valence-electron chi connectivity index (χ4n) is 3.31. The van der Waals surface area contributed by atoms with Crippen molar-refractivity contribution in [3.8, 4) is 0 Å². The highest BCUT2D eigenvalue weighted by Crippen LogP contribution is 2.21. The third-order valence-corrected chi connectivity index (χ3v) is 4.60. The molecule has 2 nitrogen and oxygen atoms in total. The number of hydrogen-bond donors (Lipinski definition) is 1. The van der Waals surface area contributed by atoms with Crippen molar-refractivity contribution < 1.29 is 0 Å². The number of rotatable bonds is 8. The van der Waals surface area contributed by atoms with Gasteiger partial charge >= 0.3 is 0 Å². The molecule has 0 aromatic heterocycles. The first kappa shape index (κ1) is 18.0. The molecule has 1 N–H and O–H groups in total. The monoisotopic (exact) mass is 282 g/mol. The molecule has 120 valence electrons. The maximum atomic E-state index is 3.70. The third kappa shape index (κ3) is 6.58. The van der Waals surface area contributed by atoms with Crippen molar-refractivity contribution >= 4 is 0 Å². The van der Waals surface area contributed by atoms with Crippen LogP contribution in [0.2, 0.25) is 0 Å². The lowest BCUT2D eigenvalue weighted by atomic mass is 9.92. The lowest BCUT2D eigenvalue weighted by molar-refractivity contribution is 0.0677. The average Bonchev–Trinajstić information content (AvgIpc) is 2.31. The van der Waals surface area contributed by atoms with Gasteiger partial charge in [-0.25, -0.2) is 0 Å². The van der Waals surface area contributed by atoms with Gasteiger partial charge in [-0.05, 0) is 38.6 Å². The summed E-state index contributed by atoms with van der Waals surface area (Å²) in [5.74, 6) is 1.62. The van der Waals surface area contributed by atoms with E-state index in [4.69, 9.17) is 0 Å². The summed E-state index contributed by atoms with van der Waals surface area (Å²) in [6, 6.07) is 0.721. The average molecular weight is 283 g/mol. The van der Waals surface area contributed by atoms with E-state index >= 15 is 0 Å². The van der Waals surface area contributed by atoms with Gasteiger partial charge in [0, 0.05) is 24.7 Å². The number of nitrogens with one attached hydrogen (secondary N) is 1. The molecule has 0 bridgehead atoms. The lowest BCUT2D eigenvalue weighted by Gasteiger charge is -2.46. The molecule has 1 atom stereocenters. The normalized spacial score (nSPS) is 23.7. The Labute approximate surface area is 127 Å². The quantitative estimate of drug-likeness (QED) is 0.668. The molecule has 1 fully saturated rings. The van der Waals surface area contributed by atoms with Crippen LogP contribution in [0.15, 0.2) is 0 Å². The summed E-state index contributed by atoms with van der Waals surface area (Å²) in [5, 5.41) is 3.70. The van der Waals surface area contributed by atoms with Crippen LogP contribution in [0.25, 0.3) is 0 Å². The Bertz CT molecular complexity index is 258. The van der Waals surface area contributed by atoms with E-state index in [1.165, 1.54) is 45.2 Å². The van der Waals surface area contributed by atoms with Crippen LogP contribution < -0.4 is 5.32 Å². The second kappa shape index (κ2) is 8.38. The molecule has 1 unspecified atom stereocenters. The standard InChI is InChI=1S/C18H38N2/c1-15(2)11-9-7-8-10-12-20-14-18(5,6)19-13-17(20)16(3)4/h15-17,19H,7-14H2,1-6H3. The van der Waals surface area contributed by atoms with Crippen molar-refractivity contribution in [3.63, 3.8) is 0 Å². The van der Waals surface area contributed by atoms with E-state index in [2.05, 4.69) is 51.8 Å². The summed E-state index contributed by atoms with van der Waals surface area (Å²) in [6.07, 6.45) is 7.01. The van der Waals surface area contributed by atoms with Crippen LogP contribution in [0.4, 0.5) is 0 Å². The molecule has 20 heavy (non-hydrogen) atoms. The molecule has 1 rings (SSSR count). The van der Waals surface area contributed by atoms with Crippen LogP contribution in [-0.2, 0) is 0 Å². The summed E-state index contributed by atoms with van der Waals surface area (Å²) in [7, 11) is 0. The van der Waals surface area contributed by atoms with E-state index in [0.717, 1.165) is 24.4 Å². The highest BCUT2D eigenvalue weighted by molar-refractivity contribution is 4.93. The van der Waals surface area contributed by atoms with Gasteiger partial charge in [-0.3, -0.25) is 4.90 Å². The Morgan fingerprint density at radius 3 is 2.30 bits per heavy atom. The summed E-state index contributed by atoms with van der Waals surface area (Å²) in [4.78, 5) is 2.74. The molecule has 1 heterocycles. The van der Waals surface area contributed by atoms with Gasteiger partial charge in [0.1, 0.15) is 0 Å². The molecule has 0 aromatic carbocycles. The van der Waals surface area contributed by atoms with Crippen molar-refractivity contribution in [2.24, 2.45) is 11.8 Å². The fraction of sp³-hybridized carbons (Fsp3) is 1.00. The number of hydrogen-bond acceptors (Lipinski definition) is 2. The third-order valence-electron chi connectivity index (χ3n) is 4.60. The van der Waals surface area contributed by atoms with Crippen LogP contribution in [0.5, 0.6) is 0 Å². The highest BCUT2D eigenvalue weighted by Gasteiger charge is 2.33. The van der Waals surface area contributed by atoms with Crippen molar-refractivity contribution in [2.75, 3.05) is 19.6 Å². The zero-order valence-electron chi connectivity index (χ0n) is 14.8. The van der Waals surface area contributed by atoms with Crippen LogP contribution >= 0.6 is 0 Å². The van der Waals surface area contributed by atoms with Gasteiger partial charge in [0.15, 0.2) is 0 Å². The number of piperazine rings is 1. The molecule has 1 saturated heterocycles. The molecule has 1 aliphatic heterocycles. The van der Waals surface area contributed by atoms with E-state index in [9.17, 15) is 0 Å². The first-order chi connectivity index (χ1) is 9.32. The van der Waals surface area contributed by atoms with Gasteiger partial charge < -0.3 is 5.32 Å². The molecule has 1 aliphatic rings. The van der Waals surface area contributed by atoms with Crippen molar-refractivity contribution in [1.82, 2.24) is 10.2 Å². The topological polar surface area (TPSA) is 15.3 Å². The van der Waals surface area contributed by atoms with Crippen LogP contribution in [0.3, 0.4) is 0 Å². The SMILES string of the molecule is CC(C)CCCCCCN1CC(C)(C)NCC1C(C)C. The predicted molar refractivity (Wildman–Crippen MR) is 90.2 cm³/mol. The maximum absolute atomic E-state index is 3.70. The Morgan fingerprint density at radius 2 is 1.70 bits per heavy atom. The van der Waals surface area contributed by atoms with Crippen molar-refractivity contribution in [3.05, 3.63) is 0 Å². The van der Waals surface area contributed by atoms with E-state index < -0.39 is 0 Å². The lowest BCUT2D eigenvalue weighted by Crippen LogP contribution is -2.62. The van der Waals surface area contributed by atoms with Crippen LogP contribution in [-0.4, -0.2) is 36.1 Å². The number of nitrogens with zero attached hydrogens (tertiary/aromatic N) is 1. The fourth-order valence-corrected chi connectivity index (χ4v) is 3.31. The largest absolute Gasteiger partial charge is 0.309 e. The van der Waals surface area contributed by atoms with Gasteiger partial charge in [0.05, 0.1) is 0 Å². The molecular weight excluding hydrogens is 244 g/mol. The summed E-state index contributed by atoms with van der Waals surface area (Å²) < 4.78 is 0. The molecule has 0 spiro atoms. The Balaban J connectivity index is 2.27. The summed E-state index contributed by atoms with van der Waals surface area (Å²) >= 11 is 0. The summed E-state index contributed by atoms with van der Waals surface area (Å²) in [5.41, 5.74) is 0.281. The number of unbranched alkanes of at least 4 members (excludes halogenated alkanes) is 3. The molecule has 0 amide bonds. The molecule has 0 aliphatic carbocycles. The molecule has 2 heteroatoms. The second-order valence-electron chi connectivity index (χ2n) is 8.14. The minimum absolute atomic E-state index is 0.281. The van der Waals surface area contributed by atoms with Gasteiger partial charge in [0.2, 0.25) is 0 Å². The van der Waals surface area contributed by atoms with Crippen molar-refractivity contribution in [2.45, 2.75) is 85.2 Å². The van der Waals surface area contributed by atoms with Gasteiger partial charge in [-0.1, -0.05) is 53.4 Å². The highest BCUT2D eigenvalue weighted by atomic mass is 15.2. The molecular formula is C18H38N2. The molecule has 0 radical (unpaired) electrons. The van der Waals surface area contributed by atoms with E-state index in [0.29, 0.717) is 0 Å². The van der Waals surface area contributed by atoms with Crippen molar-refractivity contribution in [1.29, 1.82) is 0 Å². The Morgan fingerprint density at radius 1 is 1.05 bits per heavy atom. The zero-order chi connectivity index (χ0) is 15.2. The van der Waals surface area contributed by atoms with Crippen LogP contribution in [0, 0.1) is 11.8 Å². The van der Waals surface area contributed by atoms with Gasteiger partial charge in [-0.15, -0.1) is 0 Å². The Kier molecular flexibility index (Phi) is 7.53. The van der Waals surface area contributed by atoms with Crippen LogP contribution in [0.1, 0.15) is 73.6 Å². The van der Waals surface area contributed by atoms with E-state index in [1.54, 1.807) is 0 Å². The second-order valence-corrected chi connectivity index (χ2v) is 8.14. The molecule has 0 saturated carbocycles. The van der Waals surface area contributed by atoms with E-state index in [1.807, 2.05) is 0 Å². The van der Waals surface area contributed by atoms with Gasteiger partial charge in [-0.2, -0.15) is 0 Å². The summed E-state index contributed by atoms with van der Waals surface area (Å²) in [6.45, 7) is 17.7. The van der Waals surface area contributed by atoms with Gasteiger partial charge in [0.25, 0.3) is 0 Å². The minimum Gasteiger partial charge on any atom is -0.309 e. The predicted octanol–water partition coefficient (Wildman–Crippen LogP) is 4.30. The maximum Gasteiger partial charge on any atom is 0.0252 e. The minimum atomic E-state index is 0.281.